The normalized spacial score (nSPS) is 19.7. The summed E-state index contributed by atoms with van der Waals surface area (Å²) < 4.78 is 5.73. The van der Waals surface area contributed by atoms with Crippen molar-refractivity contribution in [3.63, 3.8) is 0 Å². The van der Waals surface area contributed by atoms with Crippen molar-refractivity contribution >= 4 is 5.69 Å². The van der Waals surface area contributed by atoms with E-state index in [0.29, 0.717) is 19.3 Å². The number of nitrogen functional groups attached to an aromatic ring is 1. The predicted octanol–water partition coefficient (Wildman–Crippen LogP) is 1.88. The summed E-state index contributed by atoms with van der Waals surface area (Å²) in [7, 11) is 0. The van der Waals surface area contributed by atoms with Crippen LogP contribution in [-0.2, 0) is 0 Å². The van der Waals surface area contributed by atoms with Crippen molar-refractivity contribution in [3.05, 3.63) is 24.3 Å². The van der Waals surface area contributed by atoms with E-state index in [9.17, 15) is 0 Å². The first-order chi connectivity index (χ1) is 9.29. The van der Waals surface area contributed by atoms with Crippen molar-refractivity contribution in [3.8, 4) is 5.75 Å². The number of nitrogens with two attached hydrogens (primary N) is 1. The zero-order valence-corrected chi connectivity index (χ0v) is 11.4. The molecule has 106 valence electrons. The fourth-order valence-corrected chi connectivity index (χ4v) is 2.69. The minimum atomic E-state index is 0.298. The van der Waals surface area contributed by atoms with Crippen LogP contribution in [0, 0.1) is 0 Å². The Kier molecular flexibility index (Phi) is 5.48. The molecule has 1 fully saturated rings. The number of aliphatic hydroxyl groups is 1. The maximum Gasteiger partial charge on any atom is 0.119 e. The van der Waals surface area contributed by atoms with Crippen molar-refractivity contribution in [2.24, 2.45) is 0 Å². The second-order valence-electron chi connectivity index (χ2n) is 5.12. The molecular weight excluding hydrogens is 240 g/mol. The van der Waals surface area contributed by atoms with Crippen LogP contribution in [-0.4, -0.2) is 42.4 Å². The Labute approximate surface area is 115 Å². The molecule has 1 atom stereocenters. The second kappa shape index (κ2) is 7.36. The Morgan fingerprint density at radius 1 is 1.32 bits per heavy atom. The fourth-order valence-electron chi connectivity index (χ4n) is 2.69. The Bertz CT molecular complexity index is 367. The van der Waals surface area contributed by atoms with E-state index in [1.807, 2.05) is 24.3 Å². The predicted molar refractivity (Wildman–Crippen MR) is 77.3 cm³/mol. The Morgan fingerprint density at radius 2 is 2.11 bits per heavy atom. The monoisotopic (exact) mass is 264 g/mol. The van der Waals surface area contributed by atoms with Gasteiger partial charge in [0.2, 0.25) is 0 Å². The van der Waals surface area contributed by atoms with Crippen molar-refractivity contribution in [1.82, 2.24) is 4.90 Å². The summed E-state index contributed by atoms with van der Waals surface area (Å²) in [5, 5.41) is 8.91. The number of rotatable bonds is 7. The molecular formula is C15H24N2O2. The Balaban J connectivity index is 1.71. The number of aliphatic hydroxyl groups excluding tert-OH is 1. The summed E-state index contributed by atoms with van der Waals surface area (Å²) in [5.41, 5.74) is 6.40. The van der Waals surface area contributed by atoms with Crippen LogP contribution in [0.25, 0.3) is 0 Å². The highest BCUT2D eigenvalue weighted by atomic mass is 16.5. The van der Waals surface area contributed by atoms with E-state index in [-0.39, 0.29) is 0 Å². The first-order valence-corrected chi connectivity index (χ1v) is 7.13. The standard InChI is InChI=1S/C15H24N2O2/c16-13-5-7-15(8-6-13)19-12-10-17-9-1-3-14(17)4-2-11-18/h5-8,14,18H,1-4,9-12,16H2. The molecule has 1 aliphatic rings. The summed E-state index contributed by atoms with van der Waals surface area (Å²) in [4.78, 5) is 2.48. The lowest BCUT2D eigenvalue weighted by Crippen LogP contribution is -2.33. The zero-order valence-electron chi connectivity index (χ0n) is 11.4. The molecule has 0 saturated carbocycles. The van der Waals surface area contributed by atoms with Crippen molar-refractivity contribution in [1.29, 1.82) is 0 Å². The molecule has 1 aromatic carbocycles. The van der Waals surface area contributed by atoms with Crippen LogP contribution in [0.2, 0.25) is 0 Å². The van der Waals surface area contributed by atoms with E-state index in [1.165, 1.54) is 12.8 Å². The second-order valence-corrected chi connectivity index (χ2v) is 5.12. The lowest BCUT2D eigenvalue weighted by molar-refractivity contribution is 0.180. The van der Waals surface area contributed by atoms with Crippen molar-refractivity contribution in [2.75, 3.05) is 32.0 Å². The largest absolute Gasteiger partial charge is 0.492 e. The van der Waals surface area contributed by atoms with Gasteiger partial charge in [-0.1, -0.05) is 0 Å². The van der Waals surface area contributed by atoms with Crippen LogP contribution in [0.1, 0.15) is 25.7 Å². The first-order valence-electron chi connectivity index (χ1n) is 7.13. The van der Waals surface area contributed by atoms with Gasteiger partial charge in [0, 0.05) is 24.9 Å². The number of anilines is 1. The number of hydrogen-bond acceptors (Lipinski definition) is 4. The molecule has 19 heavy (non-hydrogen) atoms. The minimum Gasteiger partial charge on any atom is -0.492 e. The lowest BCUT2D eigenvalue weighted by Gasteiger charge is -2.24. The lowest BCUT2D eigenvalue weighted by atomic mass is 10.1. The summed E-state index contributed by atoms with van der Waals surface area (Å²) in [5.74, 6) is 0.875. The highest BCUT2D eigenvalue weighted by molar-refractivity contribution is 5.41. The van der Waals surface area contributed by atoms with Crippen LogP contribution < -0.4 is 10.5 Å². The average molecular weight is 264 g/mol. The molecule has 0 aromatic heterocycles. The summed E-state index contributed by atoms with van der Waals surface area (Å²) in [6.45, 7) is 3.12. The number of nitrogens with zero attached hydrogens (tertiary/aromatic N) is 1. The van der Waals surface area contributed by atoms with Gasteiger partial charge in [-0.05, 0) is 56.5 Å². The minimum absolute atomic E-state index is 0.298. The van der Waals surface area contributed by atoms with Gasteiger partial charge in [0.05, 0.1) is 0 Å². The van der Waals surface area contributed by atoms with Gasteiger partial charge in [0.15, 0.2) is 0 Å². The van der Waals surface area contributed by atoms with Gasteiger partial charge < -0.3 is 15.6 Å². The number of likely N-dealkylation sites (tertiary alicyclic amines) is 1. The Morgan fingerprint density at radius 3 is 2.84 bits per heavy atom. The maximum absolute atomic E-state index is 8.91. The molecule has 1 aromatic rings. The summed E-state index contributed by atoms with van der Waals surface area (Å²) in [6, 6.07) is 8.15. The fraction of sp³-hybridized carbons (Fsp3) is 0.600. The number of hydrogen-bond donors (Lipinski definition) is 2. The summed E-state index contributed by atoms with van der Waals surface area (Å²) in [6.07, 6.45) is 4.51. The smallest absolute Gasteiger partial charge is 0.119 e. The molecule has 3 N–H and O–H groups in total. The molecule has 0 amide bonds. The SMILES string of the molecule is Nc1ccc(OCCN2CCCC2CCCO)cc1. The molecule has 0 radical (unpaired) electrons. The van der Waals surface area contributed by atoms with Crippen LogP contribution >= 0.6 is 0 Å². The average Bonchev–Trinajstić information content (AvgIpc) is 2.86. The molecule has 0 spiro atoms. The highest BCUT2D eigenvalue weighted by Gasteiger charge is 2.23. The van der Waals surface area contributed by atoms with Crippen LogP contribution in [0.15, 0.2) is 24.3 Å². The molecule has 1 heterocycles. The van der Waals surface area contributed by atoms with Crippen molar-refractivity contribution in [2.45, 2.75) is 31.7 Å². The quantitative estimate of drug-likeness (QED) is 0.738. The third-order valence-corrected chi connectivity index (χ3v) is 3.72. The maximum atomic E-state index is 8.91. The van der Waals surface area contributed by atoms with Gasteiger partial charge in [0.25, 0.3) is 0 Å². The van der Waals surface area contributed by atoms with Crippen LogP contribution in [0.5, 0.6) is 5.75 Å². The van der Waals surface area contributed by atoms with Gasteiger partial charge in [0.1, 0.15) is 12.4 Å². The van der Waals surface area contributed by atoms with Crippen LogP contribution in [0.4, 0.5) is 5.69 Å². The van der Waals surface area contributed by atoms with E-state index >= 15 is 0 Å². The summed E-state index contributed by atoms with van der Waals surface area (Å²) >= 11 is 0. The molecule has 1 aliphatic heterocycles. The zero-order chi connectivity index (χ0) is 13.5. The molecule has 2 rings (SSSR count). The van der Waals surface area contributed by atoms with E-state index in [0.717, 1.165) is 37.4 Å². The van der Waals surface area contributed by atoms with Gasteiger partial charge in [-0.3, -0.25) is 4.90 Å². The molecule has 0 bridgehead atoms. The Hall–Kier alpha value is -1.26. The topological polar surface area (TPSA) is 58.7 Å². The van der Waals surface area contributed by atoms with Crippen LogP contribution in [0.3, 0.4) is 0 Å². The third-order valence-electron chi connectivity index (χ3n) is 3.72. The van der Waals surface area contributed by atoms with Gasteiger partial charge in [-0.2, -0.15) is 0 Å². The van der Waals surface area contributed by atoms with Crippen molar-refractivity contribution < 1.29 is 9.84 Å². The van der Waals surface area contributed by atoms with E-state index < -0.39 is 0 Å². The first kappa shape index (κ1) is 14.2. The molecule has 4 heteroatoms. The molecule has 1 saturated heterocycles. The van der Waals surface area contributed by atoms with E-state index in [1.54, 1.807) is 0 Å². The van der Waals surface area contributed by atoms with E-state index in [4.69, 9.17) is 15.6 Å². The van der Waals surface area contributed by atoms with Gasteiger partial charge in [-0.15, -0.1) is 0 Å². The molecule has 4 nitrogen and oxygen atoms in total. The highest BCUT2D eigenvalue weighted by Crippen LogP contribution is 2.21. The van der Waals surface area contributed by atoms with Gasteiger partial charge in [-0.25, -0.2) is 0 Å². The van der Waals surface area contributed by atoms with E-state index in [2.05, 4.69) is 4.90 Å². The van der Waals surface area contributed by atoms with Gasteiger partial charge >= 0.3 is 0 Å². The number of ether oxygens (including phenoxy) is 1. The third kappa shape index (κ3) is 4.40. The molecule has 1 unspecified atom stereocenters. The number of benzene rings is 1. The molecule has 0 aliphatic carbocycles.